The highest BCUT2D eigenvalue weighted by atomic mass is 35.5. The number of rotatable bonds is 16. The fourth-order valence-electron chi connectivity index (χ4n) is 6.91. The minimum Gasteiger partial charge on any atom is -0.493 e. The molecule has 3 atom stereocenters. The lowest BCUT2D eigenvalue weighted by atomic mass is 9.93. The van der Waals surface area contributed by atoms with Crippen molar-refractivity contribution in [3.63, 3.8) is 0 Å². The van der Waals surface area contributed by atoms with Crippen LogP contribution in [0.1, 0.15) is 65.7 Å². The molecule has 0 radical (unpaired) electrons. The highest BCUT2D eigenvalue weighted by Crippen LogP contribution is 2.44. The number of nitrogens with zero attached hydrogens (tertiary/aromatic N) is 3. The molecule has 2 heterocycles. The van der Waals surface area contributed by atoms with Gasteiger partial charge in [-0.25, -0.2) is 0 Å². The Kier molecular flexibility index (Phi) is 12.2. The quantitative estimate of drug-likeness (QED) is 0.100. The number of aromatic nitrogens is 1. The van der Waals surface area contributed by atoms with Gasteiger partial charge in [0.25, 0.3) is 0 Å². The van der Waals surface area contributed by atoms with Crippen LogP contribution in [-0.2, 0) is 24.4 Å². The number of benzene rings is 3. The minimum absolute atomic E-state index is 0.0372. The summed E-state index contributed by atoms with van der Waals surface area (Å²) in [5.41, 5.74) is 5.66. The van der Waals surface area contributed by atoms with Crippen LogP contribution in [0.15, 0.2) is 67.0 Å². The van der Waals surface area contributed by atoms with E-state index in [1.54, 1.807) is 24.4 Å². The maximum atomic E-state index is 11.9. The van der Waals surface area contributed by atoms with Crippen LogP contribution in [0.25, 0.3) is 11.1 Å². The first-order valence-corrected chi connectivity index (χ1v) is 18.3. The number of ether oxygens (including phenoxy) is 3. The molecule has 1 aromatic heterocycles. The smallest absolute Gasteiger partial charge is 0.326 e. The lowest BCUT2D eigenvalue weighted by Crippen LogP contribution is -2.52. The van der Waals surface area contributed by atoms with E-state index >= 15 is 0 Å². The fourth-order valence-corrected chi connectivity index (χ4v) is 7.14. The predicted molar refractivity (Wildman–Crippen MR) is 200 cm³/mol. The van der Waals surface area contributed by atoms with Crippen LogP contribution in [0.3, 0.4) is 0 Å². The molecule has 0 spiro atoms. The topological polar surface area (TPSA) is 157 Å². The van der Waals surface area contributed by atoms with E-state index in [0.29, 0.717) is 39.8 Å². The molecule has 0 saturated carbocycles. The van der Waals surface area contributed by atoms with Crippen LogP contribution >= 0.6 is 11.6 Å². The van der Waals surface area contributed by atoms with Gasteiger partial charge in [0.2, 0.25) is 0 Å². The zero-order valence-corrected chi connectivity index (χ0v) is 30.7. The lowest BCUT2D eigenvalue weighted by molar-refractivity contribution is -0.145. The van der Waals surface area contributed by atoms with Crippen LogP contribution in [0.4, 0.5) is 0 Å². The van der Waals surface area contributed by atoms with E-state index in [1.165, 1.54) is 18.7 Å². The number of halogens is 1. The van der Waals surface area contributed by atoms with E-state index < -0.39 is 18.1 Å². The Bertz CT molecular complexity index is 1980. The number of nitrogens with one attached hydrogen (secondary N) is 1. The maximum absolute atomic E-state index is 11.9. The number of β-amino-alcohol motifs (C(OH)–C–C–N with tert-alkyl or cyclic N) is 1. The van der Waals surface area contributed by atoms with Gasteiger partial charge in [0.15, 0.2) is 0 Å². The Morgan fingerprint density at radius 1 is 1.09 bits per heavy atom. The Labute approximate surface area is 314 Å². The van der Waals surface area contributed by atoms with E-state index in [4.69, 9.17) is 25.8 Å². The number of hydrogen-bond acceptors (Lipinski definition) is 10. The molecule has 12 heteroatoms. The van der Waals surface area contributed by atoms with Crippen molar-refractivity contribution in [1.29, 1.82) is 5.26 Å². The second kappa shape index (κ2) is 17.0. The number of hydrogen-bond donors (Lipinski definition) is 4. The standard InChI is InChI=1S/C41H45ClN4O7/c1-26-31(6-4-9-36(26)51-15-5-13-46-14-12-30(48)23-46)32-7-3-8-34-33(32)10-11-37(34)53-39-18-38(52-24-28-16-27(19-43)20-44-21-28)29(17-35(39)42)22-45-41(2,25-47)40(49)50/h3-4,6-9,16-18,20-21,30,37,45,47-48H,5,10-15,22-25H2,1-2H3,(H,49,50)/t30-,37?,41-/m1/s1. The Balaban J connectivity index is 1.21. The van der Waals surface area contributed by atoms with Crippen LogP contribution < -0.4 is 19.5 Å². The summed E-state index contributed by atoms with van der Waals surface area (Å²) in [7, 11) is 0. The van der Waals surface area contributed by atoms with Crippen molar-refractivity contribution in [3.8, 4) is 34.4 Å². The monoisotopic (exact) mass is 740 g/mol. The van der Waals surface area contributed by atoms with E-state index in [2.05, 4.69) is 46.4 Å². The zero-order chi connectivity index (χ0) is 37.5. The molecule has 53 heavy (non-hydrogen) atoms. The average molecular weight is 741 g/mol. The van der Waals surface area contributed by atoms with Crippen molar-refractivity contribution < 1.29 is 34.3 Å². The molecule has 1 aliphatic carbocycles. The van der Waals surface area contributed by atoms with Crippen LogP contribution in [0, 0.1) is 18.3 Å². The third-order valence-corrected chi connectivity index (χ3v) is 10.4. The largest absolute Gasteiger partial charge is 0.493 e. The van der Waals surface area contributed by atoms with Gasteiger partial charge in [0.1, 0.15) is 41.6 Å². The molecule has 2 aliphatic rings. The highest BCUT2D eigenvalue weighted by molar-refractivity contribution is 6.32. The molecule has 4 N–H and O–H groups in total. The van der Waals surface area contributed by atoms with Gasteiger partial charge in [0, 0.05) is 55.8 Å². The maximum Gasteiger partial charge on any atom is 0.326 e. The fraction of sp³-hybridized carbons (Fsp3) is 0.390. The van der Waals surface area contributed by atoms with E-state index in [9.17, 15) is 25.4 Å². The summed E-state index contributed by atoms with van der Waals surface area (Å²) < 4.78 is 19.1. The summed E-state index contributed by atoms with van der Waals surface area (Å²) in [6, 6.07) is 19.6. The van der Waals surface area contributed by atoms with Gasteiger partial charge in [-0.15, -0.1) is 0 Å². The molecule has 1 fully saturated rings. The summed E-state index contributed by atoms with van der Waals surface area (Å²) in [5.74, 6) is 0.480. The molecule has 278 valence electrons. The number of pyridine rings is 1. The predicted octanol–water partition coefficient (Wildman–Crippen LogP) is 5.99. The van der Waals surface area contributed by atoms with Crippen LogP contribution in [0.5, 0.6) is 17.2 Å². The van der Waals surface area contributed by atoms with Gasteiger partial charge in [-0.3, -0.25) is 15.1 Å². The van der Waals surface area contributed by atoms with Crippen molar-refractivity contribution in [1.82, 2.24) is 15.2 Å². The molecule has 6 rings (SSSR count). The number of carbonyl (C=O) groups is 1. The molecular formula is C41H45ClN4O7. The number of aliphatic hydroxyl groups excluding tert-OH is 2. The number of aliphatic hydroxyl groups is 2. The normalized spacial score (nSPS) is 17.9. The Morgan fingerprint density at radius 2 is 1.91 bits per heavy atom. The van der Waals surface area contributed by atoms with Gasteiger partial charge in [0.05, 0.1) is 29.9 Å². The van der Waals surface area contributed by atoms with Gasteiger partial charge in [-0.2, -0.15) is 5.26 Å². The number of aliphatic carboxylic acids is 1. The van der Waals surface area contributed by atoms with Crippen molar-refractivity contribution in [3.05, 3.63) is 105 Å². The third-order valence-electron chi connectivity index (χ3n) is 10.1. The summed E-state index contributed by atoms with van der Waals surface area (Å²) in [4.78, 5) is 18.2. The first-order valence-electron chi connectivity index (χ1n) is 17.9. The molecule has 1 unspecified atom stereocenters. The Hall–Kier alpha value is -4.70. The molecule has 11 nitrogen and oxygen atoms in total. The van der Waals surface area contributed by atoms with E-state index in [-0.39, 0.29) is 25.4 Å². The zero-order valence-electron chi connectivity index (χ0n) is 30.0. The van der Waals surface area contributed by atoms with E-state index in [1.807, 2.05) is 18.2 Å². The van der Waals surface area contributed by atoms with Crippen molar-refractivity contribution in [2.75, 3.05) is 32.8 Å². The summed E-state index contributed by atoms with van der Waals surface area (Å²) in [6.45, 7) is 6.17. The van der Waals surface area contributed by atoms with Crippen molar-refractivity contribution in [2.24, 2.45) is 0 Å². The number of likely N-dealkylation sites (tertiary alicyclic amines) is 1. The number of carboxylic acid groups (broad SMARTS) is 1. The number of nitriles is 1. The Morgan fingerprint density at radius 3 is 2.66 bits per heavy atom. The lowest BCUT2D eigenvalue weighted by Gasteiger charge is -2.25. The molecule has 0 amide bonds. The first kappa shape index (κ1) is 38.0. The highest BCUT2D eigenvalue weighted by Gasteiger charge is 2.33. The second-order valence-corrected chi connectivity index (χ2v) is 14.3. The first-order chi connectivity index (χ1) is 25.6. The van der Waals surface area contributed by atoms with Crippen molar-refractivity contribution in [2.45, 2.75) is 70.4 Å². The van der Waals surface area contributed by atoms with Gasteiger partial charge in [-0.05, 0) is 85.5 Å². The van der Waals surface area contributed by atoms with Crippen LogP contribution in [-0.4, -0.2) is 75.7 Å². The number of carboxylic acids is 1. The summed E-state index contributed by atoms with van der Waals surface area (Å²) in [6.07, 6.45) is 5.86. The molecule has 4 aromatic rings. The van der Waals surface area contributed by atoms with E-state index in [0.717, 1.165) is 73.3 Å². The third kappa shape index (κ3) is 8.92. The van der Waals surface area contributed by atoms with Crippen LogP contribution in [0.2, 0.25) is 5.02 Å². The number of fused-ring (bicyclic) bond motifs is 1. The SMILES string of the molecule is Cc1c(OCCCN2CC[C@@H](O)C2)cccc1-c1cccc2c1CCC2Oc1cc(OCc2cncc(C#N)c2)c(CN[C@](C)(CO)C(=O)O)cc1Cl. The summed E-state index contributed by atoms with van der Waals surface area (Å²) in [5, 5.41) is 41.8. The van der Waals surface area contributed by atoms with Crippen molar-refractivity contribution >= 4 is 17.6 Å². The molecule has 3 aromatic carbocycles. The van der Waals surface area contributed by atoms with Gasteiger partial charge < -0.3 is 34.4 Å². The molecule has 1 aliphatic heterocycles. The second-order valence-electron chi connectivity index (χ2n) is 13.9. The molecule has 1 saturated heterocycles. The van der Waals surface area contributed by atoms with Gasteiger partial charge >= 0.3 is 5.97 Å². The minimum atomic E-state index is -1.59. The summed E-state index contributed by atoms with van der Waals surface area (Å²) >= 11 is 6.82. The molecular weight excluding hydrogens is 696 g/mol. The van der Waals surface area contributed by atoms with Gasteiger partial charge in [-0.1, -0.05) is 41.9 Å². The molecule has 0 bridgehead atoms. The average Bonchev–Trinajstić information content (AvgIpc) is 3.78.